The molecule has 0 aliphatic carbocycles. The Morgan fingerprint density at radius 1 is 0.339 bits per heavy atom. The summed E-state index contributed by atoms with van der Waals surface area (Å²) in [5.41, 5.74) is 15.3. The van der Waals surface area contributed by atoms with Crippen LogP contribution in [-0.4, -0.2) is 8.80 Å². The topological polar surface area (TPSA) is 8.82 Å². The van der Waals surface area contributed by atoms with E-state index in [0.717, 1.165) is 98.4 Å². The number of nitrogens with zero attached hydrogens (tertiary/aromatic N) is 2. The highest BCUT2D eigenvalue weighted by Crippen LogP contribution is 2.54. The highest BCUT2D eigenvalue weighted by molar-refractivity contribution is 6.45. The predicted octanol–water partition coefficient (Wildman–Crippen LogP) is 16.8. The smallest absolute Gasteiger partial charge is 0.125 e. The van der Waals surface area contributed by atoms with Crippen molar-refractivity contribution in [2.75, 3.05) is 0 Å². The number of rotatable bonds is 2. The average molecular weight is 817 g/mol. The number of fused-ring (bicyclic) bond motifs is 14. The Kier molecular flexibility index (Phi) is 7.74. The lowest BCUT2D eigenvalue weighted by molar-refractivity contribution is 0.568. The largest absolute Gasteiger partial charge is 0.307 e. The lowest BCUT2D eigenvalue weighted by Crippen LogP contribution is -2.16. The maximum Gasteiger partial charge on any atom is 0.125 e. The molecule has 4 heteroatoms. The van der Waals surface area contributed by atoms with Gasteiger partial charge in [-0.15, -0.1) is 0 Å². The maximum atomic E-state index is 15.8. The fraction of sp³-hybridized carbons (Fsp3) is 0.276. The minimum absolute atomic E-state index is 0.0722. The SMILES string of the molecule is CC(C)(C)c1cc(-c2cccc3c4c5c6ccc(F)cc6n6c7c(-c8cc(C(C)(C)C)cc(C(C)(C)C)c8)cccc7c(c7c8ccc(F)cc8n(c23)c74)c56)cc(C(C)(C)C)c1. The second-order valence-electron chi connectivity index (χ2n) is 22.2. The Bertz CT molecular complexity index is 3370. The molecule has 4 heterocycles. The molecule has 0 bridgehead atoms. The summed E-state index contributed by atoms with van der Waals surface area (Å²) in [6.07, 6.45) is 0. The van der Waals surface area contributed by atoms with Crippen LogP contribution in [0.2, 0.25) is 0 Å². The van der Waals surface area contributed by atoms with Gasteiger partial charge in [-0.25, -0.2) is 8.78 Å². The summed E-state index contributed by atoms with van der Waals surface area (Å²) >= 11 is 0. The van der Waals surface area contributed by atoms with Crippen molar-refractivity contribution in [3.63, 3.8) is 0 Å². The molecule has 0 aliphatic rings. The monoisotopic (exact) mass is 816 g/mol. The van der Waals surface area contributed by atoms with E-state index in [1.54, 1.807) is 24.3 Å². The maximum absolute atomic E-state index is 15.8. The third-order valence-corrected chi connectivity index (χ3v) is 13.8. The molecule has 0 aliphatic heterocycles. The highest BCUT2D eigenvalue weighted by Gasteiger charge is 2.32. The molecule has 0 atom stereocenters. The summed E-state index contributed by atoms with van der Waals surface area (Å²) in [6, 6.07) is 38.0. The van der Waals surface area contributed by atoms with Crippen LogP contribution in [0.5, 0.6) is 0 Å². The molecule has 4 aromatic heterocycles. The van der Waals surface area contributed by atoms with E-state index >= 15 is 8.78 Å². The van der Waals surface area contributed by atoms with Gasteiger partial charge in [0, 0.05) is 54.2 Å². The van der Waals surface area contributed by atoms with Gasteiger partial charge in [-0.1, -0.05) is 156 Å². The molecule has 7 aromatic carbocycles. The van der Waals surface area contributed by atoms with Crippen LogP contribution in [0.3, 0.4) is 0 Å². The summed E-state index contributed by atoms with van der Waals surface area (Å²) in [5, 5.41) is 8.64. The van der Waals surface area contributed by atoms with Crippen molar-refractivity contribution in [2.24, 2.45) is 0 Å². The van der Waals surface area contributed by atoms with Gasteiger partial charge in [0.25, 0.3) is 0 Å². The summed E-state index contributed by atoms with van der Waals surface area (Å²) in [6.45, 7) is 27.3. The van der Waals surface area contributed by atoms with Crippen LogP contribution in [-0.2, 0) is 21.7 Å². The van der Waals surface area contributed by atoms with Crippen molar-refractivity contribution in [1.29, 1.82) is 0 Å². The van der Waals surface area contributed by atoms with E-state index in [4.69, 9.17) is 0 Å². The van der Waals surface area contributed by atoms with E-state index in [1.807, 2.05) is 12.1 Å². The van der Waals surface area contributed by atoms with E-state index < -0.39 is 0 Å². The summed E-state index contributed by atoms with van der Waals surface area (Å²) in [7, 11) is 0. The van der Waals surface area contributed by atoms with E-state index in [2.05, 4.69) is 165 Å². The molecule has 0 saturated carbocycles. The Hall–Kier alpha value is -6.00. The average Bonchev–Trinajstić information content (AvgIpc) is 3.92. The molecular weight excluding hydrogens is 763 g/mol. The van der Waals surface area contributed by atoms with Gasteiger partial charge in [-0.2, -0.15) is 0 Å². The van der Waals surface area contributed by atoms with Crippen molar-refractivity contribution >= 4 is 76.2 Å². The second-order valence-corrected chi connectivity index (χ2v) is 22.2. The van der Waals surface area contributed by atoms with Gasteiger partial charge in [-0.3, -0.25) is 0 Å². The third kappa shape index (κ3) is 5.37. The summed E-state index contributed by atoms with van der Waals surface area (Å²) in [4.78, 5) is 0. The molecule has 2 nitrogen and oxygen atoms in total. The summed E-state index contributed by atoms with van der Waals surface area (Å²) < 4.78 is 36.3. The molecule has 62 heavy (non-hydrogen) atoms. The fourth-order valence-electron chi connectivity index (χ4n) is 10.5. The molecule has 0 spiro atoms. The third-order valence-electron chi connectivity index (χ3n) is 13.8. The lowest BCUT2D eigenvalue weighted by Gasteiger charge is -2.26. The van der Waals surface area contributed by atoms with Crippen LogP contribution in [0, 0.1) is 11.6 Å². The summed E-state index contributed by atoms with van der Waals surface area (Å²) in [5.74, 6) is -0.535. The van der Waals surface area contributed by atoms with E-state index in [9.17, 15) is 0 Å². The zero-order chi connectivity index (χ0) is 43.7. The minimum atomic E-state index is -0.267. The normalized spacial score (nSPS) is 13.6. The van der Waals surface area contributed by atoms with Gasteiger partial charge in [0.05, 0.1) is 33.1 Å². The Labute approximate surface area is 362 Å². The number of benzene rings is 7. The Morgan fingerprint density at radius 3 is 0.984 bits per heavy atom. The van der Waals surface area contributed by atoms with Gasteiger partial charge >= 0.3 is 0 Å². The molecule has 0 unspecified atom stereocenters. The van der Waals surface area contributed by atoms with E-state index in [-0.39, 0.29) is 33.3 Å². The van der Waals surface area contributed by atoms with Gasteiger partial charge in [-0.05, 0) is 91.4 Å². The van der Waals surface area contributed by atoms with Crippen molar-refractivity contribution in [3.05, 3.63) is 143 Å². The van der Waals surface area contributed by atoms with Crippen LogP contribution in [0.25, 0.3) is 98.4 Å². The van der Waals surface area contributed by atoms with Crippen molar-refractivity contribution in [3.8, 4) is 22.3 Å². The number of aromatic nitrogens is 2. The standard InChI is InChI=1S/C58H54F2N2/c1-55(2,3)33-23-31(24-34(27-33)56(4,5)6)39-15-13-17-43-49-47-42-22-20-38(60)30-46(42)62-52-40(32-25-35(57(7,8)9)28-36(26-32)58(10,11)12)16-14-18-44(52)50(54(47)62)48-41-21-19-37(59)29-45(41)61(51(39)43)53(48)49/h13-30H,1-12H3. The molecule has 0 fully saturated rings. The van der Waals surface area contributed by atoms with Gasteiger partial charge in [0.2, 0.25) is 0 Å². The van der Waals surface area contributed by atoms with Crippen molar-refractivity contribution in [2.45, 2.75) is 105 Å². The molecule has 0 N–H and O–H groups in total. The predicted molar refractivity (Wildman–Crippen MR) is 261 cm³/mol. The highest BCUT2D eigenvalue weighted by atomic mass is 19.1. The van der Waals surface area contributed by atoms with E-state index in [1.165, 1.54) is 22.3 Å². The number of para-hydroxylation sites is 2. The molecule has 11 aromatic rings. The molecule has 11 rings (SSSR count). The van der Waals surface area contributed by atoms with Crippen molar-refractivity contribution < 1.29 is 8.78 Å². The van der Waals surface area contributed by atoms with E-state index in [0.29, 0.717) is 0 Å². The minimum Gasteiger partial charge on any atom is -0.307 e. The van der Waals surface area contributed by atoms with Gasteiger partial charge < -0.3 is 8.80 Å². The van der Waals surface area contributed by atoms with Crippen LogP contribution in [0.1, 0.15) is 105 Å². The first-order valence-corrected chi connectivity index (χ1v) is 22.1. The molecule has 310 valence electrons. The van der Waals surface area contributed by atoms with Gasteiger partial charge in [0.1, 0.15) is 11.6 Å². The number of hydrogen-bond acceptors (Lipinski definition) is 0. The molecule has 0 saturated heterocycles. The first-order chi connectivity index (χ1) is 29.1. The number of hydrogen-bond donors (Lipinski definition) is 0. The Morgan fingerprint density at radius 2 is 0.661 bits per heavy atom. The van der Waals surface area contributed by atoms with Gasteiger partial charge in [0.15, 0.2) is 0 Å². The fourth-order valence-corrected chi connectivity index (χ4v) is 10.5. The zero-order valence-electron chi connectivity index (χ0n) is 38.0. The van der Waals surface area contributed by atoms with Crippen LogP contribution < -0.4 is 0 Å². The van der Waals surface area contributed by atoms with Crippen LogP contribution in [0.4, 0.5) is 8.78 Å². The van der Waals surface area contributed by atoms with Crippen LogP contribution >= 0.6 is 0 Å². The molecule has 0 amide bonds. The zero-order valence-corrected chi connectivity index (χ0v) is 38.0. The lowest BCUT2D eigenvalue weighted by atomic mass is 9.78. The van der Waals surface area contributed by atoms with Crippen molar-refractivity contribution in [1.82, 2.24) is 8.80 Å². The number of halogens is 2. The molecule has 0 radical (unpaired) electrons. The van der Waals surface area contributed by atoms with Crippen LogP contribution in [0.15, 0.2) is 109 Å². The second kappa shape index (κ2) is 12.3. The first-order valence-electron chi connectivity index (χ1n) is 22.1. The Balaban J connectivity index is 1.38. The molecular formula is C58H54F2N2. The quantitative estimate of drug-likeness (QED) is 0.164. The first kappa shape index (κ1) is 38.9.